The number of carboxylic acids is 1. The average molecular weight is 306 g/mol. The minimum Gasteiger partial charge on any atom is -0.478 e. The second-order valence-corrected chi connectivity index (χ2v) is 8.49. The van der Waals surface area contributed by atoms with Crippen LogP contribution in [0.5, 0.6) is 0 Å². The van der Waals surface area contributed by atoms with Gasteiger partial charge in [-0.1, -0.05) is 13.0 Å². The Balaban J connectivity index is 1.91. The SMILES string of the molecule is COC(=O)C12CC3CC(C)(CC(CC=C(C)C(=O)O)(C3)C1)C2. The van der Waals surface area contributed by atoms with Crippen molar-refractivity contribution in [2.75, 3.05) is 7.11 Å². The van der Waals surface area contributed by atoms with Gasteiger partial charge in [0.15, 0.2) is 0 Å². The number of carboxylic acid groups (broad SMARTS) is 1. The number of methoxy groups -OCH3 is 1. The molecule has 4 bridgehead atoms. The highest BCUT2D eigenvalue weighted by molar-refractivity contribution is 5.85. The van der Waals surface area contributed by atoms with Gasteiger partial charge in [0.25, 0.3) is 0 Å². The summed E-state index contributed by atoms with van der Waals surface area (Å²) in [5.41, 5.74) is 0.374. The number of allylic oxidation sites excluding steroid dienone is 1. The Kier molecular flexibility index (Phi) is 3.42. The maximum Gasteiger partial charge on any atom is 0.330 e. The van der Waals surface area contributed by atoms with Gasteiger partial charge < -0.3 is 9.84 Å². The molecule has 0 aromatic heterocycles. The van der Waals surface area contributed by atoms with Gasteiger partial charge in [-0.15, -0.1) is 0 Å². The summed E-state index contributed by atoms with van der Waals surface area (Å²) in [6, 6.07) is 0. The Morgan fingerprint density at radius 3 is 2.55 bits per heavy atom. The zero-order valence-corrected chi connectivity index (χ0v) is 13.8. The molecular formula is C18H26O4. The second-order valence-electron chi connectivity index (χ2n) is 8.49. The first-order chi connectivity index (χ1) is 10.2. The van der Waals surface area contributed by atoms with Crippen LogP contribution in [-0.4, -0.2) is 24.2 Å². The normalized spacial score (nSPS) is 43.2. The van der Waals surface area contributed by atoms with Crippen molar-refractivity contribution in [3.8, 4) is 0 Å². The van der Waals surface area contributed by atoms with Gasteiger partial charge in [-0.3, -0.25) is 4.79 Å². The van der Waals surface area contributed by atoms with Crippen LogP contribution in [0.3, 0.4) is 0 Å². The van der Waals surface area contributed by atoms with E-state index in [-0.39, 0.29) is 22.2 Å². The molecule has 0 amide bonds. The first-order valence-electron chi connectivity index (χ1n) is 8.20. The minimum atomic E-state index is -0.848. The number of rotatable bonds is 4. The summed E-state index contributed by atoms with van der Waals surface area (Å²) in [7, 11) is 1.49. The van der Waals surface area contributed by atoms with Crippen molar-refractivity contribution in [2.45, 2.75) is 58.8 Å². The molecule has 4 heteroatoms. The van der Waals surface area contributed by atoms with E-state index in [2.05, 4.69) is 6.92 Å². The smallest absolute Gasteiger partial charge is 0.330 e. The lowest BCUT2D eigenvalue weighted by Gasteiger charge is -2.65. The fraction of sp³-hybridized carbons (Fsp3) is 0.778. The van der Waals surface area contributed by atoms with Crippen molar-refractivity contribution >= 4 is 11.9 Å². The molecule has 0 aromatic rings. The predicted octanol–water partition coefficient (Wildman–Crippen LogP) is 3.56. The summed E-state index contributed by atoms with van der Waals surface area (Å²) in [6.45, 7) is 3.96. The van der Waals surface area contributed by atoms with Gasteiger partial charge in [-0.05, 0) is 68.6 Å². The molecule has 0 aromatic carbocycles. The third-order valence-corrected chi connectivity index (χ3v) is 6.26. The van der Waals surface area contributed by atoms with Crippen LogP contribution >= 0.6 is 0 Å². The second kappa shape index (κ2) is 4.84. The number of ether oxygens (including phenoxy) is 1. The molecule has 0 heterocycles. The molecule has 0 spiro atoms. The van der Waals surface area contributed by atoms with Gasteiger partial charge in [-0.25, -0.2) is 4.79 Å². The van der Waals surface area contributed by atoms with Crippen LogP contribution in [0.25, 0.3) is 0 Å². The molecule has 4 atom stereocenters. The maximum atomic E-state index is 12.5. The monoisotopic (exact) mass is 306 g/mol. The summed E-state index contributed by atoms with van der Waals surface area (Å²) in [4.78, 5) is 23.5. The number of esters is 1. The van der Waals surface area contributed by atoms with E-state index in [1.54, 1.807) is 6.92 Å². The van der Waals surface area contributed by atoms with Crippen molar-refractivity contribution in [1.82, 2.24) is 0 Å². The maximum absolute atomic E-state index is 12.5. The zero-order chi connectivity index (χ0) is 16.2. The molecule has 0 saturated heterocycles. The van der Waals surface area contributed by atoms with Crippen molar-refractivity contribution in [3.63, 3.8) is 0 Å². The van der Waals surface area contributed by atoms with E-state index in [0.717, 1.165) is 38.5 Å². The Morgan fingerprint density at radius 2 is 1.95 bits per heavy atom. The number of carbonyl (C=O) groups is 2. The van der Waals surface area contributed by atoms with E-state index in [1.807, 2.05) is 6.08 Å². The van der Waals surface area contributed by atoms with Crippen molar-refractivity contribution in [2.24, 2.45) is 22.2 Å². The lowest BCUT2D eigenvalue weighted by Crippen LogP contribution is -2.58. The third-order valence-electron chi connectivity index (χ3n) is 6.26. The fourth-order valence-electron chi connectivity index (χ4n) is 6.27. The quantitative estimate of drug-likeness (QED) is 0.637. The Bertz CT molecular complexity index is 551. The van der Waals surface area contributed by atoms with Crippen molar-refractivity contribution in [1.29, 1.82) is 0 Å². The molecule has 0 aliphatic heterocycles. The lowest BCUT2D eigenvalue weighted by molar-refractivity contribution is -0.190. The van der Waals surface area contributed by atoms with Crippen LogP contribution in [0.1, 0.15) is 58.8 Å². The standard InChI is InChI=1S/C18H26O4/c1-12(14(19)20)4-5-17-7-13-6-16(2,9-17)10-18(8-13,11-17)15(21)22-3/h4,13H,5-11H2,1-3H3,(H,19,20). The van der Waals surface area contributed by atoms with Crippen LogP contribution < -0.4 is 0 Å². The molecule has 122 valence electrons. The van der Waals surface area contributed by atoms with Crippen LogP contribution in [-0.2, 0) is 14.3 Å². The highest BCUT2D eigenvalue weighted by atomic mass is 16.5. The Labute approximate surface area is 131 Å². The lowest BCUT2D eigenvalue weighted by atomic mass is 9.39. The van der Waals surface area contributed by atoms with Crippen LogP contribution in [0.2, 0.25) is 0 Å². The molecule has 0 radical (unpaired) electrons. The van der Waals surface area contributed by atoms with E-state index < -0.39 is 5.97 Å². The fourth-order valence-corrected chi connectivity index (χ4v) is 6.27. The number of hydrogen-bond acceptors (Lipinski definition) is 3. The van der Waals surface area contributed by atoms with Crippen LogP contribution in [0.15, 0.2) is 11.6 Å². The molecule has 4 saturated carbocycles. The van der Waals surface area contributed by atoms with Gasteiger partial charge in [0.2, 0.25) is 0 Å². The van der Waals surface area contributed by atoms with E-state index in [1.165, 1.54) is 13.5 Å². The van der Waals surface area contributed by atoms with E-state index in [9.17, 15) is 9.59 Å². The Hall–Kier alpha value is -1.32. The van der Waals surface area contributed by atoms with E-state index in [0.29, 0.717) is 11.5 Å². The average Bonchev–Trinajstić information content (AvgIpc) is 2.41. The summed E-state index contributed by atoms with van der Waals surface area (Å²) in [5.74, 6) is -0.316. The van der Waals surface area contributed by atoms with Gasteiger partial charge in [-0.2, -0.15) is 0 Å². The molecule has 1 N–H and O–H groups in total. The van der Waals surface area contributed by atoms with E-state index >= 15 is 0 Å². The number of carbonyl (C=O) groups excluding carboxylic acids is 1. The third kappa shape index (κ3) is 2.37. The van der Waals surface area contributed by atoms with Crippen molar-refractivity contribution in [3.05, 3.63) is 11.6 Å². The number of hydrogen-bond donors (Lipinski definition) is 1. The van der Waals surface area contributed by atoms with E-state index in [4.69, 9.17) is 9.84 Å². The predicted molar refractivity (Wildman–Crippen MR) is 82.2 cm³/mol. The highest BCUT2D eigenvalue weighted by Gasteiger charge is 2.64. The van der Waals surface area contributed by atoms with Gasteiger partial charge in [0.05, 0.1) is 12.5 Å². The molecule has 4 aliphatic carbocycles. The van der Waals surface area contributed by atoms with Gasteiger partial charge in [0, 0.05) is 5.57 Å². The highest BCUT2D eigenvalue weighted by Crippen LogP contribution is 2.70. The summed E-state index contributed by atoms with van der Waals surface area (Å²) in [6.07, 6.45) is 8.84. The topological polar surface area (TPSA) is 63.6 Å². The Morgan fingerprint density at radius 1 is 1.23 bits per heavy atom. The first-order valence-corrected chi connectivity index (χ1v) is 8.20. The largest absolute Gasteiger partial charge is 0.478 e. The minimum absolute atomic E-state index is 0.0499. The number of aliphatic carboxylic acids is 1. The van der Waals surface area contributed by atoms with Gasteiger partial charge >= 0.3 is 11.9 Å². The molecule has 4 fully saturated rings. The summed E-state index contributed by atoms with van der Waals surface area (Å²) in [5, 5.41) is 9.08. The van der Waals surface area contributed by atoms with Gasteiger partial charge in [0.1, 0.15) is 0 Å². The summed E-state index contributed by atoms with van der Waals surface area (Å²) >= 11 is 0. The molecular weight excluding hydrogens is 280 g/mol. The first kappa shape index (κ1) is 15.6. The van der Waals surface area contributed by atoms with Crippen LogP contribution in [0, 0.1) is 22.2 Å². The molecule has 22 heavy (non-hydrogen) atoms. The molecule has 4 unspecified atom stereocenters. The van der Waals surface area contributed by atoms with Crippen molar-refractivity contribution < 1.29 is 19.4 Å². The molecule has 4 aliphatic rings. The zero-order valence-electron chi connectivity index (χ0n) is 13.8. The molecule has 4 rings (SSSR count). The van der Waals surface area contributed by atoms with Crippen LogP contribution in [0.4, 0.5) is 0 Å². The molecule has 4 nitrogen and oxygen atoms in total. The summed E-state index contributed by atoms with van der Waals surface area (Å²) < 4.78 is 5.14.